The second kappa shape index (κ2) is 9.84. The van der Waals surface area contributed by atoms with E-state index < -0.39 is 5.97 Å². The van der Waals surface area contributed by atoms with Crippen LogP contribution in [-0.2, 0) is 21.8 Å². The fourth-order valence-corrected chi connectivity index (χ4v) is 3.10. The summed E-state index contributed by atoms with van der Waals surface area (Å²) in [6.07, 6.45) is 1.02. The summed E-state index contributed by atoms with van der Waals surface area (Å²) in [7, 11) is 0. The highest BCUT2D eigenvalue weighted by atomic mass is 32.2. The average molecular weight is 361 g/mol. The predicted molar refractivity (Wildman–Crippen MR) is 98.2 cm³/mol. The molecule has 2 rings (SSSR count). The van der Waals surface area contributed by atoms with Gasteiger partial charge in [-0.3, -0.25) is 9.59 Å². The minimum atomic E-state index is -0.797. The number of carboxylic acid groups (broad SMARTS) is 1. The molecule has 0 spiro atoms. The highest BCUT2D eigenvalue weighted by Crippen LogP contribution is 2.17. The van der Waals surface area contributed by atoms with Gasteiger partial charge in [0.25, 0.3) is 0 Å². The van der Waals surface area contributed by atoms with Crippen LogP contribution in [0, 0.1) is 5.82 Å². The van der Waals surface area contributed by atoms with Gasteiger partial charge in [0.1, 0.15) is 5.82 Å². The van der Waals surface area contributed by atoms with Gasteiger partial charge in [-0.05, 0) is 41.8 Å². The molecule has 2 N–H and O–H groups in total. The van der Waals surface area contributed by atoms with Crippen molar-refractivity contribution < 1.29 is 19.1 Å². The van der Waals surface area contributed by atoms with Crippen molar-refractivity contribution in [1.29, 1.82) is 0 Å². The van der Waals surface area contributed by atoms with Gasteiger partial charge in [0, 0.05) is 23.6 Å². The Bertz CT molecular complexity index is 719. The van der Waals surface area contributed by atoms with Crippen molar-refractivity contribution in [1.82, 2.24) is 0 Å². The molecule has 0 bridgehead atoms. The zero-order valence-electron chi connectivity index (χ0n) is 13.7. The van der Waals surface area contributed by atoms with Crippen molar-refractivity contribution in [2.24, 2.45) is 0 Å². The van der Waals surface area contributed by atoms with Crippen molar-refractivity contribution in [3.8, 4) is 0 Å². The summed E-state index contributed by atoms with van der Waals surface area (Å²) in [5.41, 5.74) is 2.67. The number of thioether (sulfide) groups is 1. The first-order valence-corrected chi connectivity index (χ1v) is 9.11. The zero-order valence-corrected chi connectivity index (χ0v) is 14.5. The first-order valence-electron chi connectivity index (χ1n) is 7.96. The highest BCUT2D eigenvalue weighted by Gasteiger charge is 2.05. The molecule has 0 unspecified atom stereocenters. The number of aryl methyl sites for hydroxylation is 1. The van der Waals surface area contributed by atoms with Gasteiger partial charge in [-0.1, -0.05) is 24.3 Å². The Kier molecular flexibility index (Phi) is 7.47. The molecule has 25 heavy (non-hydrogen) atoms. The molecule has 4 nitrogen and oxygen atoms in total. The van der Waals surface area contributed by atoms with Crippen molar-refractivity contribution in [3.63, 3.8) is 0 Å². The smallest absolute Gasteiger partial charge is 0.304 e. The zero-order chi connectivity index (χ0) is 18.1. The Morgan fingerprint density at radius 3 is 2.52 bits per heavy atom. The monoisotopic (exact) mass is 361 g/mol. The summed E-state index contributed by atoms with van der Waals surface area (Å²) in [5.74, 6) is 0.0804. The molecule has 2 aromatic rings. The number of nitrogens with one attached hydrogen (secondary N) is 1. The van der Waals surface area contributed by atoms with E-state index in [1.54, 1.807) is 23.9 Å². The average Bonchev–Trinajstić information content (AvgIpc) is 2.58. The minimum absolute atomic E-state index is 0.0972. The number of rotatable bonds is 9. The maximum absolute atomic E-state index is 12.9. The van der Waals surface area contributed by atoms with Gasteiger partial charge in [0.05, 0.1) is 6.42 Å². The third-order valence-corrected chi connectivity index (χ3v) is 4.52. The van der Waals surface area contributed by atoms with Crippen LogP contribution in [0.3, 0.4) is 0 Å². The van der Waals surface area contributed by atoms with E-state index in [0.29, 0.717) is 24.3 Å². The van der Waals surface area contributed by atoms with Gasteiger partial charge in [0.15, 0.2) is 0 Å². The van der Waals surface area contributed by atoms with E-state index in [1.165, 1.54) is 12.1 Å². The minimum Gasteiger partial charge on any atom is -0.481 e. The second-order valence-corrected chi connectivity index (χ2v) is 6.68. The number of carboxylic acids is 1. The molecule has 0 atom stereocenters. The van der Waals surface area contributed by atoms with E-state index in [-0.39, 0.29) is 18.1 Å². The summed E-state index contributed by atoms with van der Waals surface area (Å²) >= 11 is 1.55. The lowest BCUT2D eigenvalue weighted by Crippen LogP contribution is -2.12. The SMILES string of the molecule is O=C(O)CCSCc1cccc(NC(=O)CCc2ccc(F)cc2)c1. The molecule has 0 radical (unpaired) electrons. The Morgan fingerprint density at radius 2 is 1.80 bits per heavy atom. The Labute approximate surface area is 150 Å². The number of amides is 1. The topological polar surface area (TPSA) is 66.4 Å². The molecule has 0 heterocycles. The van der Waals surface area contributed by atoms with Gasteiger partial charge in [-0.25, -0.2) is 4.39 Å². The van der Waals surface area contributed by atoms with Crippen LogP contribution in [0.1, 0.15) is 24.0 Å². The number of hydrogen-bond acceptors (Lipinski definition) is 3. The molecule has 0 saturated heterocycles. The number of anilines is 1. The quantitative estimate of drug-likeness (QED) is 0.660. The van der Waals surface area contributed by atoms with E-state index in [9.17, 15) is 14.0 Å². The van der Waals surface area contributed by atoms with E-state index in [1.807, 2.05) is 24.3 Å². The molecule has 0 fully saturated rings. The predicted octanol–water partition coefficient (Wildman–Crippen LogP) is 4.10. The van der Waals surface area contributed by atoms with Crippen LogP contribution < -0.4 is 5.32 Å². The summed E-state index contributed by atoms with van der Waals surface area (Å²) < 4.78 is 12.9. The molecule has 0 saturated carbocycles. The number of benzene rings is 2. The lowest BCUT2D eigenvalue weighted by Gasteiger charge is -2.08. The number of hydrogen-bond donors (Lipinski definition) is 2. The molecule has 132 valence electrons. The molecule has 0 aliphatic rings. The van der Waals surface area contributed by atoms with Gasteiger partial charge in [0.2, 0.25) is 5.91 Å². The Morgan fingerprint density at radius 1 is 1.04 bits per heavy atom. The summed E-state index contributed by atoms with van der Waals surface area (Å²) in [4.78, 5) is 22.5. The maximum atomic E-state index is 12.9. The van der Waals surface area contributed by atoms with Gasteiger partial charge in [-0.2, -0.15) is 11.8 Å². The Hall–Kier alpha value is -2.34. The van der Waals surface area contributed by atoms with E-state index in [4.69, 9.17) is 5.11 Å². The van der Waals surface area contributed by atoms with Crippen LogP contribution in [0.25, 0.3) is 0 Å². The number of carbonyl (C=O) groups excluding carboxylic acids is 1. The van der Waals surface area contributed by atoms with Crippen LogP contribution in [-0.4, -0.2) is 22.7 Å². The van der Waals surface area contributed by atoms with E-state index in [2.05, 4.69) is 5.32 Å². The number of carbonyl (C=O) groups is 2. The van der Waals surface area contributed by atoms with Crippen LogP contribution in [0.4, 0.5) is 10.1 Å². The number of aliphatic carboxylic acids is 1. The fraction of sp³-hybridized carbons (Fsp3) is 0.263. The van der Waals surface area contributed by atoms with Crippen LogP contribution >= 0.6 is 11.8 Å². The molecule has 2 aromatic carbocycles. The standard InChI is InChI=1S/C19H20FNO3S/c20-16-7-4-14(5-8-16)6-9-18(22)21-17-3-1-2-15(12-17)13-25-11-10-19(23)24/h1-5,7-8,12H,6,9-11,13H2,(H,21,22)(H,23,24). The van der Waals surface area contributed by atoms with Gasteiger partial charge < -0.3 is 10.4 Å². The molecular formula is C19H20FNO3S. The summed E-state index contributed by atoms with van der Waals surface area (Å²) in [5, 5.41) is 11.5. The lowest BCUT2D eigenvalue weighted by atomic mass is 10.1. The highest BCUT2D eigenvalue weighted by molar-refractivity contribution is 7.98. The van der Waals surface area contributed by atoms with Crippen molar-refractivity contribution in [2.75, 3.05) is 11.1 Å². The summed E-state index contributed by atoms with van der Waals surface area (Å²) in [6, 6.07) is 13.7. The second-order valence-electron chi connectivity index (χ2n) is 5.57. The maximum Gasteiger partial charge on any atom is 0.304 e. The van der Waals surface area contributed by atoms with E-state index >= 15 is 0 Å². The molecule has 1 amide bonds. The van der Waals surface area contributed by atoms with Crippen molar-refractivity contribution in [3.05, 3.63) is 65.5 Å². The summed E-state index contributed by atoms with van der Waals surface area (Å²) in [6.45, 7) is 0. The van der Waals surface area contributed by atoms with Crippen LogP contribution in [0.2, 0.25) is 0 Å². The van der Waals surface area contributed by atoms with Crippen LogP contribution in [0.15, 0.2) is 48.5 Å². The van der Waals surface area contributed by atoms with E-state index in [0.717, 1.165) is 16.8 Å². The first kappa shape index (κ1) is 19.0. The third-order valence-electron chi connectivity index (χ3n) is 3.49. The van der Waals surface area contributed by atoms with Crippen molar-refractivity contribution >= 4 is 29.3 Å². The normalized spacial score (nSPS) is 10.4. The van der Waals surface area contributed by atoms with Gasteiger partial charge >= 0.3 is 5.97 Å². The lowest BCUT2D eigenvalue weighted by molar-refractivity contribution is -0.136. The Balaban J connectivity index is 1.78. The molecular weight excluding hydrogens is 341 g/mol. The molecule has 0 aliphatic heterocycles. The number of halogens is 1. The molecule has 0 aliphatic carbocycles. The van der Waals surface area contributed by atoms with Crippen molar-refractivity contribution in [2.45, 2.75) is 25.0 Å². The molecule has 0 aromatic heterocycles. The van der Waals surface area contributed by atoms with Crippen LogP contribution in [0.5, 0.6) is 0 Å². The largest absolute Gasteiger partial charge is 0.481 e. The molecule has 6 heteroatoms. The van der Waals surface area contributed by atoms with Gasteiger partial charge in [-0.15, -0.1) is 0 Å². The fourth-order valence-electron chi connectivity index (χ4n) is 2.22. The first-order chi connectivity index (χ1) is 12.0. The third kappa shape index (κ3) is 7.39.